The standard InChI is InChI=1S/C19H25N5O2/c1-26-19-20-9-6-16(21-19)13-23-10-7-14(8-11-23)12-24-18(25)5-4-17(22-24)15-2-3-15/h4-6,9,14-15H,2-3,7-8,10-13H2,1H3. The Balaban J connectivity index is 1.32. The van der Waals surface area contributed by atoms with Crippen molar-refractivity contribution in [1.82, 2.24) is 24.6 Å². The van der Waals surface area contributed by atoms with Gasteiger partial charge in [0.2, 0.25) is 0 Å². The lowest BCUT2D eigenvalue weighted by Crippen LogP contribution is -2.36. The molecule has 26 heavy (non-hydrogen) atoms. The molecule has 0 spiro atoms. The van der Waals surface area contributed by atoms with Crippen LogP contribution in [-0.4, -0.2) is 44.8 Å². The second-order valence-electron chi connectivity index (χ2n) is 7.31. The van der Waals surface area contributed by atoms with Gasteiger partial charge >= 0.3 is 6.01 Å². The molecule has 0 radical (unpaired) electrons. The predicted molar refractivity (Wildman–Crippen MR) is 97.1 cm³/mol. The number of nitrogens with zero attached hydrogens (tertiary/aromatic N) is 5. The van der Waals surface area contributed by atoms with Crippen LogP contribution in [0.3, 0.4) is 0 Å². The summed E-state index contributed by atoms with van der Waals surface area (Å²) in [4.78, 5) is 23.0. The molecule has 0 bridgehead atoms. The number of ether oxygens (including phenoxy) is 1. The third kappa shape index (κ3) is 4.09. The summed E-state index contributed by atoms with van der Waals surface area (Å²) in [7, 11) is 1.58. The normalized spacial score (nSPS) is 18.8. The minimum Gasteiger partial charge on any atom is -0.467 e. The highest BCUT2D eigenvalue weighted by atomic mass is 16.5. The number of piperidine rings is 1. The van der Waals surface area contributed by atoms with Crippen LogP contribution >= 0.6 is 0 Å². The Bertz CT molecular complexity index is 810. The van der Waals surface area contributed by atoms with Gasteiger partial charge in [-0.2, -0.15) is 10.1 Å². The average molecular weight is 355 g/mol. The van der Waals surface area contributed by atoms with Gasteiger partial charge < -0.3 is 4.74 Å². The van der Waals surface area contributed by atoms with Crippen molar-refractivity contribution in [3.8, 4) is 6.01 Å². The van der Waals surface area contributed by atoms with Crippen molar-refractivity contribution in [3.05, 3.63) is 46.1 Å². The smallest absolute Gasteiger partial charge is 0.316 e. The Morgan fingerprint density at radius 1 is 1.15 bits per heavy atom. The van der Waals surface area contributed by atoms with E-state index in [1.54, 1.807) is 24.1 Å². The van der Waals surface area contributed by atoms with E-state index in [1.165, 1.54) is 12.8 Å². The number of aromatic nitrogens is 4. The Morgan fingerprint density at radius 2 is 1.96 bits per heavy atom. The van der Waals surface area contributed by atoms with Crippen molar-refractivity contribution in [1.29, 1.82) is 0 Å². The molecule has 2 aromatic heterocycles. The van der Waals surface area contributed by atoms with Crippen LogP contribution in [0.25, 0.3) is 0 Å². The van der Waals surface area contributed by atoms with Gasteiger partial charge in [0.15, 0.2) is 0 Å². The molecule has 0 amide bonds. The van der Waals surface area contributed by atoms with Crippen molar-refractivity contribution < 1.29 is 4.74 Å². The van der Waals surface area contributed by atoms with E-state index in [2.05, 4.69) is 20.0 Å². The van der Waals surface area contributed by atoms with E-state index < -0.39 is 0 Å². The summed E-state index contributed by atoms with van der Waals surface area (Å²) in [5.74, 6) is 1.08. The van der Waals surface area contributed by atoms with Crippen molar-refractivity contribution >= 4 is 0 Å². The topological polar surface area (TPSA) is 73.1 Å². The van der Waals surface area contributed by atoms with Gasteiger partial charge in [0, 0.05) is 31.3 Å². The zero-order chi connectivity index (χ0) is 17.9. The Kier molecular flexibility index (Phi) is 4.97. The molecule has 2 aromatic rings. The first kappa shape index (κ1) is 17.1. The van der Waals surface area contributed by atoms with Gasteiger partial charge in [0.25, 0.3) is 5.56 Å². The molecule has 0 aromatic carbocycles. The first-order valence-electron chi connectivity index (χ1n) is 9.37. The SMILES string of the molecule is COc1nccc(CN2CCC(Cn3nc(C4CC4)ccc3=O)CC2)n1. The first-order chi connectivity index (χ1) is 12.7. The molecule has 7 nitrogen and oxygen atoms in total. The van der Waals surface area contributed by atoms with Gasteiger partial charge in [-0.1, -0.05) is 0 Å². The van der Waals surface area contributed by atoms with Crippen molar-refractivity contribution in [2.24, 2.45) is 5.92 Å². The maximum Gasteiger partial charge on any atom is 0.316 e. The second kappa shape index (κ2) is 7.53. The average Bonchev–Trinajstić information content (AvgIpc) is 3.50. The van der Waals surface area contributed by atoms with Crippen LogP contribution in [0.15, 0.2) is 29.2 Å². The zero-order valence-electron chi connectivity index (χ0n) is 15.2. The second-order valence-corrected chi connectivity index (χ2v) is 7.31. The third-order valence-corrected chi connectivity index (χ3v) is 5.28. The van der Waals surface area contributed by atoms with Gasteiger partial charge in [-0.25, -0.2) is 9.67 Å². The van der Waals surface area contributed by atoms with Crippen LogP contribution in [0.2, 0.25) is 0 Å². The fraction of sp³-hybridized carbons (Fsp3) is 0.579. The Morgan fingerprint density at radius 3 is 2.69 bits per heavy atom. The molecule has 4 rings (SSSR count). The van der Waals surface area contributed by atoms with E-state index in [1.807, 2.05) is 12.1 Å². The maximum atomic E-state index is 12.1. The van der Waals surface area contributed by atoms with Gasteiger partial charge in [0.1, 0.15) is 0 Å². The first-order valence-corrected chi connectivity index (χ1v) is 9.37. The predicted octanol–water partition coefficient (Wildman–Crippen LogP) is 1.83. The van der Waals surface area contributed by atoms with Crippen LogP contribution < -0.4 is 10.3 Å². The van der Waals surface area contributed by atoms with E-state index in [4.69, 9.17) is 4.74 Å². The van der Waals surface area contributed by atoms with Crippen molar-refractivity contribution in [2.45, 2.75) is 44.7 Å². The van der Waals surface area contributed by atoms with Crippen LogP contribution in [0.5, 0.6) is 6.01 Å². The van der Waals surface area contributed by atoms with Crippen LogP contribution in [-0.2, 0) is 13.1 Å². The molecule has 0 N–H and O–H groups in total. The van der Waals surface area contributed by atoms with Crippen molar-refractivity contribution in [3.63, 3.8) is 0 Å². The monoisotopic (exact) mass is 355 g/mol. The van der Waals surface area contributed by atoms with E-state index in [0.29, 0.717) is 17.8 Å². The largest absolute Gasteiger partial charge is 0.467 e. The summed E-state index contributed by atoms with van der Waals surface area (Å²) in [6.45, 7) is 3.55. The summed E-state index contributed by atoms with van der Waals surface area (Å²) in [6, 6.07) is 5.92. The lowest BCUT2D eigenvalue weighted by Gasteiger charge is -2.31. The highest BCUT2D eigenvalue weighted by molar-refractivity contribution is 5.12. The molecule has 3 heterocycles. The van der Waals surface area contributed by atoms with E-state index in [-0.39, 0.29) is 5.56 Å². The third-order valence-electron chi connectivity index (χ3n) is 5.28. The van der Waals surface area contributed by atoms with Crippen LogP contribution in [0.4, 0.5) is 0 Å². The van der Waals surface area contributed by atoms with Gasteiger partial charge in [-0.15, -0.1) is 0 Å². The summed E-state index contributed by atoms with van der Waals surface area (Å²) in [5, 5.41) is 4.59. The molecule has 1 saturated heterocycles. The number of rotatable bonds is 6. The lowest BCUT2D eigenvalue weighted by atomic mass is 9.96. The highest BCUT2D eigenvalue weighted by Crippen LogP contribution is 2.38. The van der Waals surface area contributed by atoms with E-state index >= 15 is 0 Å². The summed E-state index contributed by atoms with van der Waals surface area (Å²) < 4.78 is 6.77. The highest BCUT2D eigenvalue weighted by Gasteiger charge is 2.26. The Labute approximate surface area is 153 Å². The summed E-state index contributed by atoms with van der Waals surface area (Å²) in [5.41, 5.74) is 2.08. The Hall–Kier alpha value is -2.28. The number of hydrogen-bond donors (Lipinski definition) is 0. The molecule has 2 aliphatic rings. The minimum absolute atomic E-state index is 0.0184. The molecule has 1 aliphatic heterocycles. The van der Waals surface area contributed by atoms with Crippen molar-refractivity contribution in [2.75, 3.05) is 20.2 Å². The molecule has 0 unspecified atom stereocenters. The molecule has 7 heteroatoms. The van der Waals surface area contributed by atoms with E-state index in [0.717, 1.165) is 50.4 Å². The maximum absolute atomic E-state index is 12.1. The fourth-order valence-electron chi connectivity index (χ4n) is 3.56. The fourth-order valence-corrected chi connectivity index (χ4v) is 3.56. The van der Waals surface area contributed by atoms with Crippen LogP contribution in [0, 0.1) is 5.92 Å². The lowest BCUT2D eigenvalue weighted by molar-refractivity contribution is 0.161. The number of methoxy groups -OCH3 is 1. The van der Waals surface area contributed by atoms with Gasteiger partial charge in [-0.3, -0.25) is 9.69 Å². The molecule has 0 atom stereocenters. The molecular formula is C19H25N5O2. The zero-order valence-corrected chi connectivity index (χ0v) is 15.2. The summed E-state index contributed by atoms with van der Waals surface area (Å²) >= 11 is 0. The molecule has 138 valence electrons. The minimum atomic E-state index is 0.0184. The van der Waals surface area contributed by atoms with Crippen LogP contribution in [0.1, 0.15) is 43.0 Å². The molecule has 2 fully saturated rings. The number of hydrogen-bond acceptors (Lipinski definition) is 6. The number of likely N-dealkylation sites (tertiary alicyclic amines) is 1. The summed E-state index contributed by atoms with van der Waals surface area (Å²) in [6.07, 6.45) is 6.29. The van der Waals surface area contributed by atoms with Gasteiger partial charge in [0.05, 0.1) is 18.5 Å². The molecule has 1 aliphatic carbocycles. The molecular weight excluding hydrogens is 330 g/mol. The quantitative estimate of drug-likeness (QED) is 0.787. The van der Waals surface area contributed by atoms with Gasteiger partial charge in [-0.05, 0) is 56.8 Å². The van der Waals surface area contributed by atoms with E-state index in [9.17, 15) is 4.79 Å². The molecule has 1 saturated carbocycles.